The van der Waals surface area contributed by atoms with Crippen molar-refractivity contribution in [1.82, 2.24) is 19.7 Å². The van der Waals surface area contributed by atoms with Gasteiger partial charge in [-0.2, -0.15) is 10.1 Å². The number of benzene rings is 2. The third-order valence-electron chi connectivity index (χ3n) is 4.21. The Balaban J connectivity index is 1.66. The van der Waals surface area contributed by atoms with Crippen molar-refractivity contribution in [2.45, 2.75) is 0 Å². The Labute approximate surface area is 179 Å². The van der Waals surface area contributed by atoms with Crippen molar-refractivity contribution in [3.63, 3.8) is 0 Å². The maximum atomic E-state index is 11.0. The van der Waals surface area contributed by atoms with Gasteiger partial charge in [0.1, 0.15) is 5.52 Å². The predicted molar refractivity (Wildman–Crippen MR) is 115 cm³/mol. The highest BCUT2D eigenvalue weighted by Gasteiger charge is 2.17. The fourth-order valence-electron chi connectivity index (χ4n) is 2.88. The number of hydrogen-bond donors (Lipinski definition) is 2. The minimum Gasteiger partial charge on any atom is -0.502 e. The van der Waals surface area contributed by atoms with Crippen LogP contribution in [-0.4, -0.2) is 36.0 Å². The number of hydrogen-bond acceptors (Lipinski definition) is 8. The van der Waals surface area contributed by atoms with Crippen LogP contribution in [0.1, 0.15) is 5.56 Å². The van der Waals surface area contributed by atoms with Crippen LogP contribution in [-0.2, 0) is 7.05 Å². The summed E-state index contributed by atoms with van der Waals surface area (Å²) in [6.45, 7) is 0. The Morgan fingerprint density at radius 3 is 2.79 bits per heavy atom. The molecule has 0 aliphatic heterocycles. The van der Waals surface area contributed by atoms with Gasteiger partial charge in [-0.1, -0.05) is 31.9 Å². The number of rotatable bonds is 4. The number of phenolic OH excluding ortho intramolecular Hbond substituents is 1. The van der Waals surface area contributed by atoms with E-state index in [4.69, 9.17) is 0 Å². The Bertz CT molecular complexity index is 1320. The molecule has 2 aromatic heterocycles. The zero-order chi connectivity index (χ0) is 20.7. The number of aromatic nitrogens is 4. The van der Waals surface area contributed by atoms with Gasteiger partial charge in [-0.05, 0) is 24.3 Å². The van der Waals surface area contributed by atoms with Crippen LogP contribution >= 0.6 is 31.9 Å². The molecule has 0 bridgehead atoms. The van der Waals surface area contributed by atoms with Gasteiger partial charge in [-0.25, -0.2) is 5.43 Å². The number of nitro groups is 1. The summed E-state index contributed by atoms with van der Waals surface area (Å²) in [6.07, 6.45) is 1.24. The molecule has 4 rings (SSSR count). The van der Waals surface area contributed by atoms with Crippen molar-refractivity contribution in [1.29, 1.82) is 0 Å². The van der Waals surface area contributed by atoms with E-state index in [1.807, 2.05) is 29.8 Å². The van der Waals surface area contributed by atoms with Crippen molar-refractivity contribution in [3.8, 4) is 5.75 Å². The molecule has 0 radical (unpaired) electrons. The van der Waals surface area contributed by atoms with E-state index in [0.717, 1.165) is 15.4 Å². The van der Waals surface area contributed by atoms with Gasteiger partial charge < -0.3 is 9.67 Å². The molecule has 29 heavy (non-hydrogen) atoms. The third kappa shape index (κ3) is 3.51. The monoisotopic (exact) mass is 519 g/mol. The van der Waals surface area contributed by atoms with Crippen LogP contribution < -0.4 is 5.43 Å². The Morgan fingerprint density at radius 2 is 2.03 bits per heavy atom. The molecule has 2 heterocycles. The van der Waals surface area contributed by atoms with Gasteiger partial charge in [0.15, 0.2) is 5.65 Å². The second kappa shape index (κ2) is 7.37. The van der Waals surface area contributed by atoms with Crippen LogP contribution in [0.4, 0.5) is 11.6 Å². The minimum absolute atomic E-state index is 0.141. The first kappa shape index (κ1) is 19.2. The normalized spacial score (nSPS) is 11.6. The zero-order valence-electron chi connectivity index (χ0n) is 14.7. The summed E-state index contributed by atoms with van der Waals surface area (Å²) in [5.74, 6) is -0.347. The van der Waals surface area contributed by atoms with Gasteiger partial charge in [0.25, 0.3) is 5.95 Å². The van der Waals surface area contributed by atoms with Crippen LogP contribution in [0.3, 0.4) is 0 Å². The second-order valence-electron chi connectivity index (χ2n) is 6.02. The standard InChI is InChI=1S/C17H11Br2N7O3/c1-25-12-3-2-9(18)5-11(12)14-16(25)21-17(24-22-14)23-20-7-8-4-10(19)6-13(15(8)27)26(28)29/h2-7,27H,1H3,(H,21,23,24)/b20-7+. The lowest BCUT2D eigenvalue weighted by Gasteiger charge is -2.02. The Morgan fingerprint density at radius 1 is 1.24 bits per heavy atom. The first-order valence-corrected chi connectivity index (χ1v) is 9.68. The SMILES string of the molecule is Cn1c2ccc(Br)cc2c2nnc(N/N=C/c3cc(Br)cc([N+](=O)[O-])c3O)nc21. The number of aryl methyl sites for hydroxylation is 1. The van der Waals surface area contributed by atoms with E-state index in [1.165, 1.54) is 18.3 Å². The van der Waals surface area contributed by atoms with Crippen molar-refractivity contribution >= 4 is 71.8 Å². The van der Waals surface area contributed by atoms with E-state index in [1.54, 1.807) is 0 Å². The predicted octanol–water partition coefficient (Wildman–Crippen LogP) is 4.10. The number of nitrogens with one attached hydrogen (secondary N) is 1. The van der Waals surface area contributed by atoms with Crippen LogP contribution in [0.2, 0.25) is 0 Å². The molecule has 0 saturated heterocycles. The molecular weight excluding hydrogens is 510 g/mol. The molecule has 2 aromatic carbocycles. The largest absolute Gasteiger partial charge is 0.502 e. The summed E-state index contributed by atoms with van der Waals surface area (Å²) in [7, 11) is 1.87. The molecule has 146 valence electrons. The molecule has 0 atom stereocenters. The van der Waals surface area contributed by atoms with Gasteiger partial charge in [-0.3, -0.25) is 10.1 Å². The van der Waals surface area contributed by atoms with Gasteiger partial charge in [0.05, 0.1) is 16.7 Å². The van der Waals surface area contributed by atoms with E-state index < -0.39 is 16.4 Å². The fraction of sp³-hybridized carbons (Fsp3) is 0.0588. The molecule has 2 N–H and O–H groups in total. The summed E-state index contributed by atoms with van der Waals surface area (Å²) < 4.78 is 3.25. The van der Waals surface area contributed by atoms with E-state index in [-0.39, 0.29) is 11.5 Å². The molecule has 4 aromatic rings. The van der Waals surface area contributed by atoms with Crippen LogP contribution in [0, 0.1) is 10.1 Å². The van der Waals surface area contributed by atoms with E-state index in [2.05, 4.69) is 57.6 Å². The quantitative estimate of drug-likeness (QED) is 0.235. The lowest BCUT2D eigenvalue weighted by molar-refractivity contribution is -0.385. The first-order chi connectivity index (χ1) is 13.8. The zero-order valence-corrected chi connectivity index (χ0v) is 17.8. The molecule has 10 nitrogen and oxygen atoms in total. The third-order valence-corrected chi connectivity index (χ3v) is 5.16. The van der Waals surface area contributed by atoms with Gasteiger partial charge in [0.2, 0.25) is 5.75 Å². The average Bonchev–Trinajstić information content (AvgIpc) is 2.95. The smallest absolute Gasteiger partial charge is 0.312 e. The Hall–Kier alpha value is -3.12. The van der Waals surface area contributed by atoms with E-state index in [9.17, 15) is 15.2 Å². The van der Waals surface area contributed by atoms with Crippen LogP contribution in [0.5, 0.6) is 5.75 Å². The van der Waals surface area contributed by atoms with Crippen molar-refractivity contribution in [3.05, 3.63) is 55.0 Å². The van der Waals surface area contributed by atoms with E-state index in [0.29, 0.717) is 15.6 Å². The van der Waals surface area contributed by atoms with Gasteiger partial charge in [0, 0.05) is 33.0 Å². The number of fused-ring (bicyclic) bond motifs is 3. The van der Waals surface area contributed by atoms with Crippen molar-refractivity contribution in [2.75, 3.05) is 5.43 Å². The highest BCUT2D eigenvalue weighted by Crippen LogP contribution is 2.32. The summed E-state index contributed by atoms with van der Waals surface area (Å²) >= 11 is 6.62. The molecule has 0 fully saturated rings. The number of phenols is 1. The van der Waals surface area contributed by atoms with Gasteiger partial charge >= 0.3 is 5.69 Å². The van der Waals surface area contributed by atoms with Crippen LogP contribution in [0.15, 0.2) is 44.4 Å². The maximum absolute atomic E-state index is 11.0. The summed E-state index contributed by atoms with van der Waals surface area (Å²) in [6, 6.07) is 8.54. The van der Waals surface area contributed by atoms with Crippen LogP contribution in [0.25, 0.3) is 22.1 Å². The molecule has 0 unspecified atom stereocenters. The molecule has 0 aliphatic rings. The van der Waals surface area contributed by atoms with E-state index >= 15 is 0 Å². The Kier molecular flexibility index (Phi) is 4.88. The molecule has 0 aliphatic carbocycles. The highest BCUT2D eigenvalue weighted by atomic mass is 79.9. The molecule has 12 heteroatoms. The number of nitrogens with zero attached hydrogens (tertiary/aromatic N) is 6. The first-order valence-electron chi connectivity index (χ1n) is 8.09. The van der Waals surface area contributed by atoms with Crippen molar-refractivity contribution in [2.24, 2.45) is 12.1 Å². The minimum atomic E-state index is -0.676. The number of halogens is 2. The highest BCUT2D eigenvalue weighted by molar-refractivity contribution is 9.10. The molecule has 0 saturated carbocycles. The number of anilines is 1. The molecule has 0 amide bonds. The summed E-state index contributed by atoms with van der Waals surface area (Å²) in [5.41, 5.74) is 4.58. The fourth-order valence-corrected chi connectivity index (χ4v) is 3.70. The lowest BCUT2D eigenvalue weighted by Crippen LogP contribution is -2.01. The molecule has 0 spiro atoms. The molecular formula is C17H11Br2N7O3. The average molecular weight is 521 g/mol. The second-order valence-corrected chi connectivity index (χ2v) is 7.85. The summed E-state index contributed by atoms with van der Waals surface area (Å²) in [4.78, 5) is 14.8. The number of aromatic hydroxyl groups is 1. The number of nitro benzene ring substituents is 1. The van der Waals surface area contributed by atoms with Gasteiger partial charge in [-0.15, -0.1) is 10.2 Å². The van der Waals surface area contributed by atoms with Crippen molar-refractivity contribution < 1.29 is 10.0 Å². The number of hydrazone groups is 1. The maximum Gasteiger partial charge on any atom is 0.312 e. The topological polar surface area (TPSA) is 131 Å². The lowest BCUT2D eigenvalue weighted by atomic mass is 10.2. The summed E-state index contributed by atoms with van der Waals surface area (Å²) in [5, 5.41) is 34.2.